The van der Waals surface area contributed by atoms with Gasteiger partial charge >= 0.3 is 0 Å². The number of nitrogen functional groups attached to an aromatic ring is 1. The number of rotatable bonds is 7. The average molecular weight is 303 g/mol. The van der Waals surface area contributed by atoms with Gasteiger partial charge in [-0.25, -0.2) is 13.1 Å². The van der Waals surface area contributed by atoms with E-state index >= 15 is 0 Å². The molecule has 1 aromatic rings. The maximum absolute atomic E-state index is 12.2. The second-order valence-electron chi connectivity index (χ2n) is 4.16. The predicted molar refractivity (Wildman–Crippen MR) is 73.8 cm³/mol. The number of nitrogens with zero attached hydrogens (tertiary/aromatic N) is 1. The van der Waals surface area contributed by atoms with E-state index < -0.39 is 14.9 Å². The van der Waals surface area contributed by atoms with Crippen LogP contribution < -0.4 is 10.5 Å². The van der Waals surface area contributed by atoms with Crippen LogP contribution in [-0.2, 0) is 14.8 Å². The summed E-state index contributed by atoms with van der Waals surface area (Å²) >= 11 is 0. The van der Waals surface area contributed by atoms with Crippen LogP contribution in [-0.4, -0.2) is 33.1 Å². The summed E-state index contributed by atoms with van der Waals surface area (Å²) in [7, 11) is -2.38. The largest absolute Gasteiger partial charge is 0.397 e. The van der Waals surface area contributed by atoms with Crippen molar-refractivity contribution in [2.45, 2.75) is 24.3 Å². The number of sulfonamides is 1. The van der Waals surface area contributed by atoms with E-state index in [2.05, 4.69) is 4.72 Å². The molecule has 0 amide bonds. The summed E-state index contributed by atoms with van der Waals surface area (Å²) in [5, 5.41) is 10.6. The first-order chi connectivity index (χ1) is 9.31. The quantitative estimate of drug-likeness (QED) is 0.437. The normalized spacial score (nSPS) is 13.1. The highest BCUT2D eigenvalue weighted by molar-refractivity contribution is 7.89. The van der Waals surface area contributed by atoms with Crippen molar-refractivity contribution in [3.05, 3.63) is 28.3 Å². The zero-order valence-electron chi connectivity index (χ0n) is 11.2. The Morgan fingerprint density at radius 3 is 2.60 bits per heavy atom. The van der Waals surface area contributed by atoms with Crippen LogP contribution >= 0.6 is 0 Å². The third-order valence-electron chi connectivity index (χ3n) is 2.68. The van der Waals surface area contributed by atoms with Gasteiger partial charge in [0.25, 0.3) is 5.69 Å². The number of methoxy groups -OCH3 is 1. The number of anilines is 1. The van der Waals surface area contributed by atoms with E-state index in [4.69, 9.17) is 10.5 Å². The maximum Gasteiger partial charge on any atom is 0.271 e. The van der Waals surface area contributed by atoms with Crippen molar-refractivity contribution in [2.75, 3.05) is 19.5 Å². The fraction of sp³-hybridized carbons (Fsp3) is 0.455. The van der Waals surface area contributed by atoms with Crippen molar-refractivity contribution >= 4 is 21.4 Å². The number of nitro groups is 1. The zero-order chi connectivity index (χ0) is 15.3. The van der Waals surface area contributed by atoms with Gasteiger partial charge in [-0.2, -0.15) is 0 Å². The minimum Gasteiger partial charge on any atom is -0.397 e. The second kappa shape index (κ2) is 6.64. The molecule has 1 atom stereocenters. The molecule has 0 fully saturated rings. The Balaban J connectivity index is 3.06. The summed E-state index contributed by atoms with van der Waals surface area (Å²) < 4.78 is 31.7. The van der Waals surface area contributed by atoms with Gasteiger partial charge in [-0.05, 0) is 12.5 Å². The van der Waals surface area contributed by atoms with Crippen molar-refractivity contribution in [1.82, 2.24) is 4.72 Å². The Hall–Kier alpha value is -1.71. The van der Waals surface area contributed by atoms with Gasteiger partial charge in [-0.15, -0.1) is 0 Å². The fourth-order valence-corrected chi connectivity index (χ4v) is 3.03. The van der Waals surface area contributed by atoms with Crippen LogP contribution in [0.25, 0.3) is 0 Å². The second-order valence-corrected chi connectivity index (χ2v) is 5.84. The van der Waals surface area contributed by atoms with E-state index in [-0.39, 0.29) is 28.9 Å². The minimum absolute atomic E-state index is 0.168. The van der Waals surface area contributed by atoms with Gasteiger partial charge in [0, 0.05) is 25.3 Å². The van der Waals surface area contributed by atoms with Gasteiger partial charge in [0.15, 0.2) is 0 Å². The molecule has 0 aliphatic rings. The van der Waals surface area contributed by atoms with Crippen molar-refractivity contribution in [3.63, 3.8) is 0 Å². The summed E-state index contributed by atoms with van der Waals surface area (Å²) in [4.78, 5) is 9.77. The Morgan fingerprint density at radius 1 is 1.50 bits per heavy atom. The molecule has 3 N–H and O–H groups in total. The molecule has 1 aromatic carbocycles. The van der Waals surface area contributed by atoms with Gasteiger partial charge in [0.2, 0.25) is 10.0 Å². The minimum atomic E-state index is -3.84. The predicted octanol–water partition coefficient (Wildman–Crippen LogP) is 0.880. The number of nitro benzene ring substituents is 1. The van der Waals surface area contributed by atoms with Crippen molar-refractivity contribution in [3.8, 4) is 0 Å². The van der Waals surface area contributed by atoms with E-state index in [1.165, 1.54) is 7.11 Å². The lowest BCUT2D eigenvalue weighted by atomic mass is 10.3. The summed E-state index contributed by atoms with van der Waals surface area (Å²) in [6.45, 7) is 2.04. The molecule has 0 bridgehead atoms. The summed E-state index contributed by atoms with van der Waals surface area (Å²) in [6, 6.07) is 2.85. The fourth-order valence-electron chi connectivity index (χ4n) is 1.61. The molecule has 0 aliphatic heterocycles. The Bertz CT molecular complexity index is 588. The number of hydrogen-bond acceptors (Lipinski definition) is 6. The van der Waals surface area contributed by atoms with Gasteiger partial charge in [-0.3, -0.25) is 10.1 Å². The molecule has 0 saturated carbocycles. The number of ether oxygens (including phenoxy) is 1. The molecule has 8 nitrogen and oxygen atoms in total. The van der Waals surface area contributed by atoms with E-state index in [0.717, 1.165) is 18.2 Å². The standard InChI is InChI=1S/C11H17N3O5S/c1-3-8(7-19-2)13-20(17,18)11-5-4-9(14(15)16)6-10(11)12/h4-6,8,13H,3,7,12H2,1-2H3. The highest BCUT2D eigenvalue weighted by Crippen LogP contribution is 2.23. The topological polar surface area (TPSA) is 125 Å². The van der Waals surface area contributed by atoms with Crippen LogP contribution in [0.4, 0.5) is 11.4 Å². The number of hydrogen-bond donors (Lipinski definition) is 2. The summed E-state index contributed by atoms with van der Waals surface area (Å²) in [6.07, 6.45) is 0.542. The van der Waals surface area contributed by atoms with Crippen LogP contribution in [0.1, 0.15) is 13.3 Å². The molecule has 0 aromatic heterocycles. The van der Waals surface area contributed by atoms with E-state index in [1.54, 1.807) is 0 Å². The van der Waals surface area contributed by atoms with E-state index in [9.17, 15) is 18.5 Å². The Labute approximate surface area is 117 Å². The Kier molecular flexibility index (Phi) is 5.43. The molecule has 1 unspecified atom stereocenters. The molecule has 0 spiro atoms. The van der Waals surface area contributed by atoms with E-state index in [1.807, 2.05) is 6.92 Å². The number of non-ortho nitro benzene ring substituents is 1. The van der Waals surface area contributed by atoms with Crippen LogP contribution in [0.3, 0.4) is 0 Å². The molecular weight excluding hydrogens is 286 g/mol. The van der Waals surface area contributed by atoms with Crippen LogP contribution in [0, 0.1) is 10.1 Å². The van der Waals surface area contributed by atoms with Crippen LogP contribution in [0.5, 0.6) is 0 Å². The molecule has 0 heterocycles. The van der Waals surface area contributed by atoms with E-state index in [0.29, 0.717) is 6.42 Å². The number of nitrogens with two attached hydrogens (primary N) is 1. The molecule has 112 valence electrons. The molecule has 9 heteroatoms. The molecule has 0 saturated heterocycles. The number of benzene rings is 1. The van der Waals surface area contributed by atoms with Crippen LogP contribution in [0.2, 0.25) is 0 Å². The van der Waals surface area contributed by atoms with Gasteiger partial charge in [-0.1, -0.05) is 6.92 Å². The SMILES string of the molecule is CCC(COC)NS(=O)(=O)c1ccc([N+](=O)[O-])cc1N. The third-order valence-corrected chi connectivity index (χ3v) is 4.27. The highest BCUT2D eigenvalue weighted by atomic mass is 32.2. The first-order valence-corrected chi connectivity index (χ1v) is 7.35. The molecule has 0 radical (unpaired) electrons. The lowest BCUT2D eigenvalue weighted by Crippen LogP contribution is -2.37. The zero-order valence-corrected chi connectivity index (χ0v) is 12.0. The van der Waals surface area contributed by atoms with Crippen molar-refractivity contribution in [2.24, 2.45) is 0 Å². The van der Waals surface area contributed by atoms with Gasteiger partial charge < -0.3 is 10.5 Å². The van der Waals surface area contributed by atoms with Crippen LogP contribution in [0.15, 0.2) is 23.1 Å². The molecule has 20 heavy (non-hydrogen) atoms. The summed E-state index contributed by atoms with van der Waals surface area (Å²) in [5.41, 5.74) is 5.16. The smallest absolute Gasteiger partial charge is 0.271 e. The highest BCUT2D eigenvalue weighted by Gasteiger charge is 2.23. The Morgan fingerprint density at radius 2 is 2.15 bits per heavy atom. The first kappa shape index (κ1) is 16.3. The number of nitrogens with one attached hydrogen (secondary N) is 1. The lowest BCUT2D eigenvalue weighted by Gasteiger charge is -2.16. The average Bonchev–Trinajstić information content (AvgIpc) is 2.37. The lowest BCUT2D eigenvalue weighted by molar-refractivity contribution is -0.384. The van der Waals surface area contributed by atoms with Gasteiger partial charge in [0.1, 0.15) is 4.90 Å². The molecule has 1 rings (SSSR count). The van der Waals surface area contributed by atoms with Crippen molar-refractivity contribution in [1.29, 1.82) is 0 Å². The third kappa shape index (κ3) is 3.89. The molecule has 0 aliphatic carbocycles. The molecular formula is C11H17N3O5S. The van der Waals surface area contributed by atoms with Gasteiger partial charge in [0.05, 0.1) is 17.2 Å². The first-order valence-electron chi connectivity index (χ1n) is 5.87. The van der Waals surface area contributed by atoms with Crippen molar-refractivity contribution < 1.29 is 18.1 Å². The maximum atomic E-state index is 12.2. The summed E-state index contributed by atoms with van der Waals surface area (Å²) in [5.74, 6) is 0. The monoisotopic (exact) mass is 303 g/mol.